The van der Waals surface area contributed by atoms with Gasteiger partial charge in [-0.15, -0.1) is 10.2 Å². The molecule has 0 unspecified atom stereocenters. The van der Waals surface area contributed by atoms with E-state index in [1.807, 2.05) is 0 Å². The van der Waals surface area contributed by atoms with E-state index in [0.29, 0.717) is 5.75 Å². The first-order valence-corrected chi connectivity index (χ1v) is 12.1. The Bertz CT molecular complexity index is 1160. The Morgan fingerprint density at radius 3 is 2.13 bits per heavy atom. The maximum Gasteiger partial charge on any atom is 0.196 e. The van der Waals surface area contributed by atoms with Crippen LogP contribution in [0.3, 0.4) is 0 Å². The zero-order valence-electron chi connectivity index (χ0n) is 17.6. The highest BCUT2D eigenvalue weighted by atomic mass is 127. The quantitative estimate of drug-likeness (QED) is 0.196. The number of hydrogen-bond acceptors (Lipinski definition) is 3. The van der Waals surface area contributed by atoms with Crippen LogP contribution >= 0.6 is 34.4 Å². The molecule has 1 heterocycles. The summed E-state index contributed by atoms with van der Waals surface area (Å²) < 4.78 is 16.5. The number of benzene rings is 3. The second-order valence-electron chi connectivity index (χ2n) is 8.36. The summed E-state index contributed by atoms with van der Waals surface area (Å²) in [5.41, 5.74) is 4.45. The molecule has 0 saturated carbocycles. The van der Waals surface area contributed by atoms with Crippen molar-refractivity contribution in [3.63, 3.8) is 0 Å². The van der Waals surface area contributed by atoms with E-state index in [1.54, 1.807) is 23.9 Å². The molecule has 0 saturated heterocycles. The van der Waals surface area contributed by atoms with Gasteiger partial charge in [0.15, 0.2) is 11.0 Å². The van der Waals surface area contributed by atoms with Gasteiger partial charge in [-0.05, 0) is 75.5 Å². The van der Waals surface area contributed by atoms with E-state index < -0.39 is 0 Å². The van der Waals surface area contributed by atoms with Crippen molar-refractivity contribution in [2.24, 2.45) is 0 Å². The highest BCUT2D eigenvalue weighted by Gasteiger charge is 2.18. The van der Waals surface area contributed by atoms with E-state index in [-0.39, 0.29) is 11.2 Å². The predicted molar refractivity (Wildman–Crippen MR) is 134 cm³/mol. The molecule has 4 aromatic rings. The number of nitrogens with zero attached hydrogens (tertiary/aromatic N) is 3. The number of hydrogen-bond donors (Lipinski definition) is 0. The molecule has 158 valence electrons. The van der Waals surface area contributed by atoms with Crippen LogP contribution < -0.4 is 0 Å². The minimum absolute atomic E-state index is 0.0957. The summed E-state index contributed by atoms with van der Waals surface area (Å²) >= 11 is 3.90. The Morgan fingerprint density at radius 2 is 1.52 bits per heavy atom. The molecule has 0 bridgehead atoms. The minimum atomic E-state index is -0.225. The normalized spacial score (nSPS) is 11.6. The van der Waals surface area contributed by atoms with Gasteiger partial charge >= 0.3 is 0 Å². The van der Waals surface area contributed by atoms with Crippen LogP contribution in [0.4, 0.5) is 4.39 Å². The summed E-state index contributed by atoms with van der Waals surface area (Å²) in [6.07, 6.45) is 0. The molecular weight excluding hydrogens is 520 g/mol. The number of rotatable bonds is 5. The highest BCUT2D eigenvalue weighted by molar-refractivity contribution is 14.1. The molecule has 0 aliphatic heterocycles. The number of aromatic nitrogens is 3. The van der Waals surface area contributed by atoms with Crippen molar-refractivity contribution in [3.8, 4) is 17.1 Å². The lowest BCUT2D eigenvalue weighted by Gasteiger charge is -2.19. The fourth-order valence-corrected chi connectivity index (χ4v) is 4.49. The van der Waals surface area contributed by atoms with Crippen LogP contribution in [0.5, 0.6) is 0 Å². The zero-order valence-corrected chi connectivity index (χ0v) is 20.6. The van der Waals surface area contributed by atoms with E-state index in [9.17, 15) is 4.39 Å². The van der Waals surface area contributed by atoms with Crippen LogP contribution in [-0.4, -0.2) is 14.8 Å². The summed E-state index contributed by atoms with van der Waals surface area (Å²) in [6.45, 7) is 6.63. The maximum absolute atomic E-state index is 13.2. The first-order chi connectivity index (χ1) is 14.8. The maximum atomic E-state index is 13.2. The molecule has 31 heavy (non-hydrogen) atoms. The predicted octanol–water partition coefficient (Wildman–Crippen LogP) is 7.27. The third kappa shape index (κ3) is 5.18. The fraction of sp³-hybridized carbons (Fsp3) is 0.200. The SMILES string of the molecule is CC(C)(C)c1ccc(-c2nnc(SCc3ccc(F)cc3)n2-c2ccc(I)cc2)cc1. The first kappa shape index (κ1) is 22.0. The van der Waals surface area contributed by atoms with Crippen molar-refractivity contribution in [2.45, 2.75) is 37.1 Å². The minimum Gasteiger partial charge on any atom is -0.270 e. The Morgan fingerprint density at radius 1 is 0.871 bits per heavy atom. The molecule has 0 spiro atoms. The van der Waals surface area contributed by atoms with Gasteiger partial charge in [0, 0.05) is 20.6 Å². The van der Waals surface area contributed by atoms with Gasteiger partial charge in [0.1, 0.15) is 5.82 Å². The van der Waals surface area contributed by atoms with Gasteiger partial charge in [-0.2, -0.15) is 0 Å². The van der Waals surface area contributed by atoms with Crippen molar-refractivity contribution < 1.29 is 4.39 Å². The Kier molecular flexibility index (Phi) is 6.48. The molecule has 3 aromatic carbocycles. The van der Waals surface area contributed by atoms with Crippen molar-refractivity contribution in [1.82, 2.24) is 14.8 Å². The molecule has 4 rings (SSSR count). The Hall–Kier alpha value is -2.19. The third-order valence-corrected chi connectivity index (χ3v) is 6.73. The molecule has 3 nitrogen and oxygen atoms in total. The molecule has 1 aromatic heterocycles. The Balaban J connectivity index is 1.71. The van der Waals surface area contributed by atoms with Crippen LogP contribution in [0.2, 0.25) is 0 Å². The molecule has 0 fully saturated rings. The van der Waals surface area contributed by atoms with E-state index in [0.717, 1.165) is 27.8 Å². The van der Waals surface area contributed by atoms with Gasteiger partial charge in [-0.3, -0.25) is 4.57 Å². The molecular formula is C25H23FIN3S. The molecule has 0 amide bonds. The lowest BCUT2D eigenvalue weighted by molar-refractivity contribution is 0.590. The van der Waals surface area contributed by atoms with Crippen LogP contribution in [-0.2, 0) is 11.2 Å². The number of halogens is 2. The smallest absolute Gasteiger partial charge is 0.196 e. The first-order valence-electron chi connectivity index (χ1n) is 10.0. The van der Waals surface area contributed by atoms with Gasteiger partial charge in [0.05, 0.1) is 0 Å². The second kappa shape index (κ2) is 9.12. The van der Waals surface area contributed by atoms with Crippen LogP contribution in [0.1, 0.15) is 31.9 Å². The van der Waals surface area contributed by atoms with Crippen molar-refractivity contribution >= 4 is 34.4 Å². The van der Waals surface area contributed by atoms with Gasteiger partial charge in [-0.1, -0.05) is 68.9 Å². The summed E-state index contributed by atoms with van der Waals surface area (Å²) in [6, 6.07) is 23.5. The van der Waals surface area contributed by atoms with E-state index in [1.165, 1.54) is 21.3 Å². The van der Waals surface area contributed by atoms with Crippen LogP contribution in [0.25, 0.3) is 17.1 Å². The lowest BCUT2D eigenvalue weighted by Crippen LogP contribution is -2.10. The second-order valence-corrected chi connectivity index (χ2v) is 10.5. The van der Waals surface area contributed by atoms with Gasteiger partial charge in [-0.25, -0.2) is 4.39 Å². The monoisotopic (exact) mass is 543 g/mol. The lowest BCUT2D eigenvalue weighted by atomic mass is 9.87. The molecule has 0 aliphatic carbocycles. The largest absolute Gasteiger partial charge is 0.270 e. The topological polar surface area (TPSA) is 30.7 Å². The summed E-state index contributed by atoms with van der Waals surface area (Å²) in [7, 11) is 0. The Labute approximate surface area is 200 Å². The summed E-state index contributed by atoms with van der Waals surface area (Å²) in [4.78, 5) is 0. The fourth-order valence-electron chi connectivity index (χ4n) is 3.22. The zero-order chi connectivity index (χ0) is 22.0. The summed E-state index contributed by atoms with van der Waals surface area (Å²) in [5.74, 6) is 1.27. The van der Waals surface area contributed by atoms with E-state index in [4.69, 9.17) is 0 Å². The van der Waals surface area contributed by atoms with Crippen molar-refractivity contribution in [2.75, 3.05) is 0 Å². The van der Waals surface area contributed by atoms with Gasteiger partial charge in [0.2, 0.25) is 0 Å². The van der Waals surface area contributed by atoms with Gasteiger partial charge < -0.3 is 0 Å². The van der Waals surface area contributed by atoms with E-state index >= 15 is 0 Å². The highest BCUT2D eigenvalue weighted by Crippen LogP contribution is 2.31. The van der Waals surface area contributed by atoms with Crippen LogP contribution in [0, 0.1) is 9.39 Å². The van der Waals surface area contributed by atoms with Gasteiger partial charge in [0.25, 0.3) is 0 Å². The molecule has 0 N–H and O–H groups in total. The third-order valence-electron chi connectivity index (χ3n) is 5.01. The van der Waals surface area contributed by atoms with Crippen LogP contribution in [0.15, 0.2) is 78.0 Å². The van der Waals surface area contributed by atoms with Crippen molar-refractivity contribution in [1.29, 1.82) is 0 Å². The molecule has 6 heteroatoms. The molecule has 0 atom stereocenters. The summed E-state index contributed by atoms with van der Waals surface area (Å²) in [5, 5.41) is 9.83. The standard InChI is InChI=1S/C25H23FIN3S/c1-25(2,3)19-8-6-18(7-9-19)23-28-29-24(30(23)22-14-12-21(27)13-15-22)31-16-17-4-10-20(26)11-5-17/h4-15H,16H2,1-3H3. The van der Waals surface area contributed by atoms with Crippen molar-refractivity contribution in [3.05, 3.63) is 93.3 Å². The van der Waals surface area contributed by atoms with E-state index in [2.05, 4.69) is 107 Å². The molecule has 0 aliphatic rings. The average molecular weight is 543 g/mol. The molecule has 0 radical (unpaired) electrons. The average Bonchev–Trinajstić information content (AvgIpc) is 3.17. The number of thioether (sulfide) groups is 1.